The van der Waals surface area contributed by atoms with Crippen LogP contribution in [0.5, 0.6) is 0 Å². The van der Waals surface area contributed by atoms with Gasteiger partial charge in [0.05, 0.1) is 24.1 Å². The van der Waals surface area contributed by atoms with Crippen molar-refractivity contribution in [1.82, 2.24) is 14.3 Å². The van der Waals surface area contributed by atoms with E-state index in [0.717, 1.165) is 16.9 Å². The summed E-state index contributed by atoms with van der Waals surface area (Å²) in [5.41, 5.74) is 3.14. The molecule has 0 saturated heterocycles. The molecular formula is C33H27Cl2N3O4. The van der Waals surface area contributed by atoms with Crippen molar-refractivity contribution in [3.63, 3.8) is 0 Å². The van der Waals surface area contributed by atoms with Gasteiger partial charge in [0.15, 0.2) is 5.78 Å². The largest absolute Gasteiger partial charge is 0.464 e. The molecular weight excluding hydrogens is 573 g/mol. The minimum absolute atomic E-state index is 0.0432. The number of aromatic amines is 1. The van der Waals surface area contributed by atoms with Crippen molar-refractivity contribution in [2.24, 2.45) is 5.41 Å². The maximum Gasteiger partial charge on any atom is 0.356 e. The molecule has 7 nitrogen and oxygen atoms in total. The van der Waals surface area contributed by atoms with E-state index >= 15 is 0 Å². The Hall–Kier alpha value is -4.33. The van der Waals surface area contributed by atoms with Crippen LogP contribution in [0.25, 0.3) is 22.6 Å². The number of para-hydroxylation sites is 1. The molecule has 0 amide bonds. The number of benzene rings is 3. The molecule has 0 aliphatic heterocycles. The van der Waals surface area contributed by atoms with Crippen LogP contribution < -0.4 is 5.56 Å². The summed E-state index contributed by atoms with van der Waals surface area (Å²) in [6.45, 7) is 3.89. The summed E-state index contributed by atoms with van der Waals surface area (Å²) in [7, 11) is 1.28. The van der Waals surface area contributed by atoms with Crippen molar-refractivity contribution < 1.29 is 14.3 Å². The number of aromatic nitrogens is 3. The first-order chi connectivity index (χ1) is 20.1. The normalized spacial score (nSPS) is 15.8. The first-order valence-electron chi connectivity index (χ1n) is 13.4. The van der Waals surface area contributed by atoms with E-state index in [-0.39, 0.29) is 23.5 Å². The number of H-pyrrole nitrogens is 1. The fourth-order valence-corrected chi connectivity index (χ4v) is 6.23. The van der Waals surface area contributed by atoms with E-state index in [1.165, 1.54) is 11.8 Å². The molecule has 3 aromatic carbocycles. The fraction of sp³-hybridized carbons (Fsp3) is 0.182. The quantitative estimate of drug-likeness (QED) is 0.212. The van der Waals surface area contributed by atoms with Gasteiger partial charge in [0.25, 0.3) is 5.56 Å². The summed E-state index contributed by atoms with van der Waals surface area (Å²) in [4.78, 5) is 41.3. The zero-order chi connectivity index (χ0) is 29.8. The van der Waals surface area contributed by atoms with Crippen LogP contribution in [0.2, 0.25) is 10.0 Å². The smallest absolute Gasteiger partial charge is 0.356 e. The van der Waals surface area contributed by atoms with E-state index in [2.05, 4.69) is 5.10 Å². The third kappa shape index (κ3) is 4.59. The predicted molar refractivity (Wildman–Crippen MR) is 164 cm³/mol. The summed E-state index contributed by atoms with van der Waals surface area (Å²) in [5, 5.41) is 4.15. The molecule has 1 N–H and O–H groups in total. The number of halogens is 2. The Kier molecular flexibility index (Phi) is 6.95. The van der Waals surface area contributed by atoms with Crippen molar-refractivity contribution in [2.75, 3.05) is 7.11 Å². The number of Topliss-reactive ketones (excluding diaryl/α,β-unsaturated/α-hetero) is 1. The third-order valence-electron chi connectivity index (χ3n) is 7.85. The Bertz CT molecular complexity index is 1880. The number of esters is 1. The van der Waals surface area contributed by atoms with Gasteiger partial charge in [0.2, 0.25) is 0 Å². The number of methoxy groups -OCH3 is 1. The highest BCUT2D eigenvalue weighted by Crippen LogP contribution is 2.51. The van der Waals surface area contributed by atoms with Gasteiger partial charge in [-0.15, -0.1) is 0 Å². The van der Waals surface area contributed by atoms with Crippen LogP contribution in [0, 0.1) is 5.41 Å². The number of ketones is 1. The second-order valence-corrected chi connectivity index (χ2v) is 11.9. The molecule has 9 heteroatoms. The molecule has 1 aliphatic rings. The van der Waals surface area contributed by atoms with Crippen molar-refractivity contribution in [2.45, 2.75) is 26.2 Å². The van der Waals surface area contributed by atoms with Gasteiger partial charge in [-0.1, -0.05) is 67.4 Å². The summed E-state index contributed by atoms with van der Waals surface area (Å²) < 4.78 is 8.48. The Balaban J connectivity index is 1.71. The molecule has 2 heterocycles. The molecule has 1 aliphatic carbocycles. The maximum atomic E-state index is 14.3. The molecule has 1 atom stereocenters. The van der Waals surface area contributed by atoms with E-state index in [9.17, 15) is 14.4 Å². The van der Waals surface area contributed by atoms with Crippen LogP contribution in [-0.2, 0) is 4.74 Å². The van der Waals surface area contributed by atoms with Gasteiger partial charge in [0.1, 0.15) is 5.69 Å². The summed E-state index contributed by atoms with van der Waals surface area (Å²) in [6.07, 6.45) is 0.173. The molecule has 6 rings (SSSR count). The average Bonchev–Trinajstić information content (AvgIpc) is 3.53. The summed E-state index contributed by atoms with van der Waals surface area (Å²) >= 11 is 12.5. The van der Waals surface area contributed by atoms with Crippen LogP contribution in [0.3, 0.4) is 0 Å². The van der Waals surface area contributed by atoms with Crippen molar-refractivity contribution in [3.8, 4) is 22.6 Å². The number of carbonyl (C=O) groups is 2. The number of nitrogens with one attached hydrogen (secondary N) is 1. The highest BCUT2D eigenvalue weighted by Gasteiger charge is 2.47. The van der Waals surface area contributed by atoms with Gasteiger partial charge < -0.3 is 9.30 Å². The van der Waals surface area contributed by atoms with E-state index in [4.69, 9.17) is 27.9 Å². The highest BCUT2D eigenvalue weighted by atomic mass is 35.5. The average molecular weight is 601 g/mol. The zero-order valence-corrected chi connectivity index (χ0v) is 24.7. The second-order valence-electron chi connectivity index (χ2n) is 11.0. The van der Waals surface area contributed by atoms with Crippen molar-refractivity contribution in [1.29, 1.82) is 0 Å². The number of nitrogens with zero attached hydrogens (tertiary/aromatic N) is 2. The fourth-order valence-electron chi connectivity index (χ4n) is 5.98. The predicted octanol–water partition coefficient (Wildman–Crippen LogP) is 7.46. The number of ether oxygens (including phenoxy) is 1. The topological polar surface area (TPSA) is 86.1 Å². The zero-order valence-electron chi connectivity index (χ0n) is 23.2. The monoisotopic (exact) mass is 599 g/mol. The highest BCUT2D eigenvalue weighted by molar-refractivity contribution is 6.30. The molecule has 0 spiro atoms. The number of hydrogen-bond acceptors (Lipinski definition) is 4. The van der Waals surface area contributed by atoms with E-state index < -0.39 is 22.9 Å². The van der Waals surface area contributed by atoms with Crippen LogP contribution in [0.1, 0.15) is 58.3 Å². The van der Waals surface area contributed by atoms with Crippen molar-refractivity contribution in [3.05, 3.63) is 128 Å². The molecule has 212 valence electrons. The lowest BCUT2D eigenvalue weighted by Crippen LogP contribution is -2.37. The van der Waals surface area contributed by atoms with E-state index in [1.54, 1.807) is 36.4 Å². The Labute approximate surface area is 252 Å². The first-order valence-corrected chi connectivity index (χ1v) is 14.2. The van der Waals surface area contributed by atoms with Crippen LogP contribution >= 0.6 is 23.2 Å². The number of hydrogen-bond donors (Lipinski definition) is 1. The number of rotatable bonds is 5. The Morgan fingerprint density at radius 3 is 2.14 bits per heavy atom. The SMILES string of the molecule is COC(=O)c1[nH]n(-c2ccccc2)c(=O)c1C1c2c(cc(-c3ccc(Cl)cc3)n2-c2ccc(Cl)cc2)C(=O)CC1(C)C. The lowest BCUT2D eigenvalue weighted by molar-refractivity contribution is 0.0591. The first kappa shape index (κ1) is 27.8. The summed E-state index contributed by atoms with van der Waals surface area (Å²) in [6, 6.07) is 25.5. The lowest BCUT2D eigenvalue weighted by Gasteiger charge is -2.38. The third-order valence-corrected chi connectivity index (χ3v) is 8.36. The summed E-state index contributed by atoms with van der Waals surface area (Å²) in [5.74, 6) is -1.38. The van der Waals surface area contributed by atoms with Gasteiger partial charge in [0, 0.05) is 39.3 Å². The van der Waals surface area contributed by atoms with Crippen LogP contribution in [0.4, 0.5) is 0 Å². The Morgan fingerprint density at radius 1 is 0.905 bits per heavy atom. The minimum Gasteiger partial charge on any atom is -0.464 e. The number of fused-ring (bicyclic) bond motifs is 1. The van der Waals surface area contributed by atoms with Crippen LogP contribution in [0.15, 0.2) is 89.7 Å². The second kappa shape index (κ2) is 10.5. The lowest BCUT2D eigenvalue weighted by atomic mass is 9.65. The molecule has 0 saturated carbocycles. The molecule has 1 unspecified atom stereocenters. The van der Waals surface area contributed by atoms with Gasteiger partial charge in [-0.3, -0.25) is 14.7 Å². The number of carbonyl (C=O) groups excluding carboxylic acids is 2. The van der Waals surface area contributed by atoms with Crippen LogP contribution in [-0.4, -0.2) is 33.2 Å². The van der Waals surface area contributed by atoms with Gasteiger partial charge >= 0.3 is 5.97 Å². The minimum atomic E-state index is -0.747. The molecule has 5 aromatic rings. The molecule has 42 heavy (non-hydrogen) atoms. The Morgan fingerprint density at radius 2 is 1.52 bits per heavy atom. The molecule has 2 aromatic heterocycles. The van der Waals surface area contributed by atoms with Gasteiger partial charge in [-0.2, -0.15) is 0 Å². The van der Waals surface area contributed by atoms with E-state index in [0.29, 0.717) is 27.0 Å². The van der Waals surface area contributed by atoms with Crippen molar-refractivity contribution >= 4 is 35.0 Å². The van der Waals surface area contributed by atoms with Gasteiger partial charge in [-0.25, -0.2) is 9.48 Å². The standard InChI is InChI=1S/C33H27Cl2N3O4/c1-33(2)18-26(39)24-17-25(19-9-11-20(34)12-10-19)37(22-15-13-21(35)14-16-22)30(24)28(33)27-29(32(41)42-3)36-38(31(27)40)23-7-5-4-6-8-23/h4-17,28,36H,18H2,1-3H3. The van der Waals surface area contributed by atoms with E-state index in [1.807, 2.05) is 66.9 Å². The maximum absolute atomic E-state index is 14.3. The van der Waals surface area contributed by atoms with Gasteiger partial charge in [-0.05, 0) is 65.6 Å². The molecule has 0 fully saturated rings. The molecule has 0 bridgehead atoms. The molecule has 0 radical (unpaired) electrons.